The van der Waals surface area contributed by atoms with Crippen molar-refractivity contribution in [2.75, 3.05) is 0 Å². The van der Waals surface area contributed by atoms with Crippen molar-refractivity contribution in [3.05, 3.63) is 0 Å². The maximum Gasteiger partial charge on any atom is 0.00535 e. The van der Waals surface area contributed by atoms with E-state index >= 15 is 0 Å². The average molecular weight is 114 g/mol. The minimum Gasteiger partial charge on any atom is -0.328 e. The number of nitrogens with two attached hydrogens (primary N) is 2. The van der Waals surface area contributed by atoms with Crippen LogP contribution in [0.4, 0.5) is 0 Å². The molecule has 1 fully saturated rings. The van der Waals surface area contributed by atoms with Gasteiger partial charge in [0.2, 0.25) is 0 Å². The summed E-state index contributed by atoms with van der Waals surface area (Å²) >= 11 is 0. The number of hydrogen-bond donors (Lipinski definition) is 2. The van der Waals surface area contributed by atoms with Crippen molar-refractivity contribution in [2.45, 2.75) is 37.8 Å². The summed E-state index contributed by atoms with van der Waals surface area (Å²) in [4.78, 5) is 0. The van der Waals surface area contributed by atoms with Gasteiger partial charge < -0.3 is 11.5 Å². The Labute approximate surface area is 50.2 Å². The standard InChI is InChI=1S/C6H14N2/c7-5-2-1-3-6(8)4-5/h5-6H,1-4,7-8H2/t5-,6?/m1/s1. The predicted molar refractivity (Wildman–Crippen MR) is 34.4 cm³/mol. The van der Waals surface area contributed by atoms with Gasteiger partial charge in [-0.05, 0) is 19.3 Å². The lowest BCUT2D eigenvalue weighted by molar-refractivity contribution is 0.392. The van der Waals surface area contributed by atoms with Crippen LogP contribution in [0.3, 0.4) is 0 Å². The van der Waals surface area contributed by atoms with Crippen LogP contribution in [0.2, 0.25) is 0 Å². The number of hydrogen-bond acceptors (Lipinski definition) is 2. The Hall–Kier alpha value is -0.0800. The Bertz CT molecular complexity index is 64.9. The van der Waals surface area contributed by atoms with E-state index in [1.165, 1.54) is 19.3 Å². The first-order chi connectivity index (χ1) is 3.79. The Morgan fingerprint density at radius 2 is 1.50 bits per heavy atom. The van der Waals surface area contributed by atoms with E-state index in [-0.39, 0.29) is 0 Å². The summed E-state index contributed by atoms with van der Waals surface area (Å²) in [7, 11) is 0. The highest BCUT2D eigenvalue weighted by Crippen LogP contribution is 2.14. The van der Waals surface area contributed by atoms with Crippen molar-refractivity contribution >= 4 is 0 Å². The van der Waals surface area contributed by atoms with Crippen molar-refractivity contribution < 1.29 is 0 Å². The molecule has 0 spiro atoms. The monoisotopic (exact) mass is 114 g/mol. The first-order valence-electron chi connectivity index (χ1n) is 3.30. The third-order valence-electron chi connectivity index (χ3n) is 1.76. The van der Waals surface area contributed by atoms with Gasteiger partial charge >= 0.3 is 0 Å². The van der Waals surface area contributed by atoms with E-state index in [9.17, 15) is 0 Å². The lowest BCUT2D eigenvalue weighted by Gasteiger charge is -2.22. The Balaban J connectivity index is 2.23. The lowest BCUT2D eigenvalue weighted by atomic mass is 9.92. The zero-order valence-electron chi connectivity index (χ0n) is 5.14. The van der Waals surface area contributed by atoms with E-state index in [1.54, 1.807) is 0 Å². The molecule has 0 aromatic carbocycles. The first-order valence-corrected chi connectivity index (χ1v) is 3.30. The SMILES string of the molecule is NC1CCC[C@@H](N)C1. The molecule has 4 N–H and O–H groups in total. The smallest absolute Gasteiger partial charge is 0.00535 e. The molecular weight excluding hydrogens is 100 g/mol. The van der Waals surface area contributed by atoms with Crippen LogP contribution in [0.25, 0.3) is 0 Å². The molecule has 1 unspecified atom stereocenters. The van der Waals surface area contributed by atoms with Gasteiger partial charge in [0.25, 0.3) is 0 Å². The quantitative estimate of drug-likeness (QED) is 0.473. The fourth-order valence-corrected chi connectivity index (χ4v) is 1.27. The Morgan fingerprint density at radius 3 is 1.75 bits per heavy atom. The maximum atomic E-state index is 5.65. The summed E-state index contributed by atoms with van der Waals surface area (Å²) < 4.78 is 0. The minimum absolute atomic E-state index is 0.388. The van der Waals surface area contributed by atoms with Crippen molar-refractivity contribution in [2.24, 2.45) is 11.5 Å². The van der Waals surface area contributed by atoms with E-state index in [4.69, 9.17) is 11.5 Å². The zero-order valence-corrected chi connectivity index (χ0v) is 5.14. The zero-order chi connectivity index (χ0) is 5.98. The molecule has 0 bridgehead atoms. The first kappa shape index (κ1) is 6.05. The van der Waals surface area contributed by atoms with Crippen LogP contribution in [0, 0.1) is 0 Å². The molecule has 1 aliphatic rings. The highest BCUT2D eigenvalue weighted by Gasteiger charge is 2.14. The van der Waals surface area contributed by atoms with Crippen molar-refractivity contribution in [3.8, 4) is 0 Å². The highest BCUT2D eigenvalue weighted by molar-refractivity contribution is 4.76. The van der Waals surface area contributed by atoms with Gasteiger partial charge in [0, 0.05) is 12.1 Å². The van der Waals surface area contributed by atoms with E-state index in [0.29, 0.717) is 12.1 Å². The molecule has 0 amide bonds. The van der Waals surface area contributed by atoms with Gasteiger partial charge in [0.15, 0.2) is 0 Å². The van der Waals surface area contributed by atoms with Crippen LogP contribution in [0.1, 0.15) is 25.7 Å². The molecule has 48 valence electrons. The summed E-state index contributed by atoms with van der Waals surface area (Å²) in [5, 5.41) is 0. The summed E-state index contributed by atoms with van der Waals surface area (Å²) in [6, 6.07) is 0.775. The van der Waals surface area contributed by atoms with Crippen LogP contribution in [-0.2, 0) is 0 Å². The fourth-order valence-electron chi connectivity index (χ4n) is 1.27. The van der Waals surface area contributed by atoms with E-state index in [2.05, 4.69) is 0 Å². The van der Waals surface area contributed by atoms with Gasteiger partial charge in [-0.3, -0.25) is 0 Å². The Morgan fingerprint density at radius 1 is 1.00 bits per heavy atom. The van der Waals surface area contributed by atoms with Gasteiger partial charge in [-0.1, -0.05) is 6.42 Å². The molecule has 1 aliphatic carbocycles. The molecule has 0 aliphatic heterocycles. The van der Waals surface area contributed by atoms with Crippen LogP contribution in [-0.4, -0.2) is 12.1 Å². The second-order valence-electron chi connectivity index (χ2n) is 2.69. The van der Waals surface area contributed by atoms with Gasteiger partial charge in [-0.2, -0.15) is 0 Å². The molecule has 8 heavy (non-hydrogen) atoms. The van der Waals surface area contributed by atoms with E-state index < -0.39 is 0 Å². The predicted octanol–water partition coefficient (Wildman–Crippen LogP) is 0.215. The molecule has 2 atom stereocenters. The van der Waals surface area contributed by atoms with Crippen LogP contribution < -0.4 is 11.5 Å². The lowest BCUT2D eigenvalue weighted by Crippen LogP contribution is -2.35. The third-order valence-corrected chi connectivity index (χ3v) is 1.76. The molecule has 2 heteroatoms. The van der Waals surface area contributed by atoms with Gasteiger partial charge in [0.05, 0.1) is 0 Å². The van der Waals surface area contributed by atoms with Gasteiger partial charge in [-0.15, -0.1) is 0 Å². The van der Waals surface area contributed by atoms with Crippen LogP contribution >= 0.6 is 0 Å². The van der Waals surface area contributed by atoms with Crippen molar-refractivity contribution in [1.29, 1.82) is 0 Å². The number of rotatable bonds is 0. The van der Waals surface area contributed by atoms with E-state index in [1.807, 2.05) is 0 Å². The van der Waals surface area contributed by atoms with Crippen LogP contribution in [0.15, 0.2) is 0 Å². The fraction of sp³-hybridized carbons (Fsp3) is 1.00. The third kappa shape index (κ3) is 1.46. The largest absolute Gasteiger partial charge is 0.328 e. The molecule has 1 saturated carbocycles. The second-order valence-corrected chi connectivity index (χ2v) is 2.69. The summed E-state index contributed by atoms with van der Waals surface area (Å²) in [5.41, 5.74) is 11.3. The maximum absolute atomic E-state index is 5.65. The molecule has 0 heterocycles. The van der Waals surface area contributed by atoms with Gasteiger partial charge in [-0.25, -0.2) is 0 Å². The highest BCUT2D eigenvalue weighted by atomic mass is 14.7. The average Bonchev–Trinajstić information content (AvgIpc) is 1.64. The minimum atomic E-state index is 0.388. The molecule has 0 aromatic rings. The van der Waals surface area contributed by atoms with Crippen molar-refractivity contribution in [3.63, 3.8) is 0 Å². The van der Waals surface area contributed by atoms with Crippen molar-refractivity contribution in [1.82, 2.24) is 0 Å². The van der Waals surface area contributed by atoms with Gasteiger partial charge in [0.1, 0.15) is 0 Å². The topological polar surface area (TPSA) is 52.0 Å². The molecule has 0 saturated heterocycles. The summed E-state index contributed by atoms with van der Waals surface area (Å²) in [5.74, 6) is 0. The molecule has 2 nitrogen and oxygen atoms in total. The normalized spacial score (nSPS) is 39.8. The molecular formula is C6H14N2. The summed E-state index contributed by atoms with van der Waals surface area (Å²) in [6.07, 6.45) is 4.60. The second kappa shape index (κ2) is 2.46. The van der Waals surface area contributed by atoms with E-state index in [0.717, 1.165) is 6.42 Å². The van der Waals surface area contributed by atoms with Crippen LogP contribution in [0.5, 0.6) is 0 Å². The summed E-state index contributed by atoms with van der Waals surface area (Å²) in [6.45, 7) is 0. The molecule has 1 rings (SSSR count). The molecule has 0 aromatic heterocycles. The molecule has 0 radical (unpaired) electrons. The Kier molecular flexibility index (Phi) is 1.86.